The van der Waals surface area contributed by atoms with E-state index in [1.807, 2.05) is 0 Å². The van der Waals surface area contributed by atoms with Crippen molar-refractivity contribution in [1.29, 1.82) is 5.26 Å². The number of aromatic amines is 1. The average molecular weight is 395 g/mol. The Morgan fingerprint density at radius 1 is 1.41 bits per heavy atom. The minimum absolute atomic E-state index is 0.151. The molecule has 3 aromatic heterocycles. The van der Waals surface area contributed by atoms with Crippen molar-refractivity contribution >= 4 is 11.4 Å². The Balaban J connectivity index is 1.58. The van der Waals surface area contributed by atoms with E-state index in [1.54, 1.807) is 37.3 Å². The number of carbonyl (C=O) groups excluding carboxylic acids is 1. The highest BCUT2D eigenvalue weighted by atomic mass is 16.5. The molecule has 150 valence electrons. The molecule has 0 atom stereocenters. The average Bonchev–Trinajstić information content (AvgIpc) is 3.35. The quantitative estimate of drug-likeness (QED) is 0.701. The fourth-order valence-corrected chi connectivity index (χ4v) is 3.73. The van der Waals surface area contributed by atoms with Crippen molar-refractivity contribution in [2.45, 2.75) is 19.8 Å². The van der Waals surface area contributed by atoms with Crippen molar-refractivity contribution in [1.82, 2.24) is 29.3 Å². The fraction of sp³-hybridized carbons (Fsp3) is 0.421. The SMILES string of the molecule is COCC1(C#N)CCN(C(=O)c2cnn(-c3nn4cccc4c(=O)[nH]3)c2C)CC1. The summed E-state index contributed by atoms with van der Waals surface area (Å²) >= 11 is 0. The number of fused-ring (bicyclic) bond motifs is 1. The summed E-state index contributed by atoms with van der Waals surface area (Å²) in [5, 5.41) is 18.1. The number of aromatic nitrogens is 5. The normalized spacial score (nSPS) is 16.1. The highest BCUT2D eigenvalue weighted by Crippen LogP contribution is 2.31. The van der Waals surface area contributed by atoms with E-state index < -0.39 is 5.41 Å². The van der Waals surface area contributed by atoms with Gasteiger partial charge in [0.05, 0.1) is 35.5 Å². The summed E-state index contributed by atoms with van der Waals surface area (Å²) in [5.41, 5.74) is 0.625. The van der Waals surface area contributed by atoms with Gasteiger partial charge in [-0.2, -0.15) is 10.4 Å². The third kappa shape index (κ3) is 3.19. The maximum Gasteiger partial charge on any atom is 0.276 e. The van der Waals surface area contributed by atoms with Gasteiger partial charge in [0, 0.05) is 26.4 Å². The van der Waals surface area contributed by atoms with Gasteiger partial charge in [0.1, 0.15) is 5.52 Å². The lowest BCUT2D eigenvalue weighted by Gasteiger charge is -2.36. The number of nitrogens with one attached hydrogen (secondary N) is 1. The zero-order chi connectivity index (χ0) is 20.6. The molecule has 0 aliphatic carbocycles. The lowest BCUT2D eigenvalue weighted by atomic mass is 9.80. The lowest BCUT2D eigenvalue weighted by Crippen LogP contribution is -2.44. The standard InChI is InChI=1S/C19H21N7O3/c1-13-14(17(28)24-8-5-19(11-20,6-9-24)12-29-2)10-21-26(13)18-22-16(27)15-4-3-7-25(15)23-18/h3-4,7,10H,5-6,8-9,12H2,1-2H3,(H,22,23,27). The molecule has 4 heterocycles. The van der Waals surface area contributed by atoms with Crippen LogP contribution in [0, 0.1) is 23.7 Å². The molecule has 0 radical (unpaired) electrons. The predicted octanol–water partition coefficient (Wildman–Crippen LogP) is 0.909. The molecule has 1 saturated heterocycles. The van der Waals surface area contributed by atoms with Gasteiger partial charge in [-0.15, -0.1) is 5.10 Å². The Labute approximate surface area is 166 Å². The number of hydrogen-bond donors (Lipinski definition) is 1. The first-order valence-corrected chi connectivity index (χ1v) is 9.30. The Bertz CT molecular complexity index is 1160. The number of amides is 1. The van der Waals surface area contributed by atoms with Crippen LogP contribution in [0.3, 0.4) is 0 Å². The van der Waals surface area contributed by atoms with E-state index in [0.717, 1.165) is 0 Å². The zero-order valence-corrected chi connectivity index (χ0v) is 16.3. The molecule has 0 spiro atoms. The highest BCUT2D eigenvalue weighted by Gasteiger charge is 2.37. The molecule has 0 aromatic carbocycles. The maximum atomic E-state index is 13.0. The number of rotatable bonds is 4. The monoisotopic (exact) mass is 395 g/mol. The van der Waals surface area contributed by atoms with Gasteiger partial charge in [0.2, 0.25) is 5.95 Å². The Morgan fingerprint density at radius 2 is 2.17 bits per heavy atom. The minimum atomic E-state index is -0.541. The molecule has 10 heteroatoms. The van der Waals surface area contributed by atoms with Crippen LogP contribution in [0.4, 0.5) is 0 Å². The van der Waals surface area contributed by atoms with E-state index in [9.17, 15) is 14.9 Å². The van der Waals surface area contributed by atoms with E-state index in [4.69, 9.17) is 4.74 Å². The van der Waals surface area contributed by atoms with Gasteiger partial charge in [-0.1, -0.05) is 0 Å². The number of hydrogen-bond acceptors (Lipinski definition) is 6. The van der Waals surface area contributed by atoms with Gasteiger partial charge in [-0.3, -0.25) is 14.6 Å². The van der Waals surface area contributed by atoms with Gasteiger partial charge in [-0.25, -0.2) is 9.20 Å². The molecule has 0 bridgehead atoms. The molecule has 29 heavy (non-hydrogen) atoms. The highest BCUT2D eigenvalue weighted by molar-refractivity contribution is 5.95. The van der Waals surface area contributed by atoms with Crippen LogP contribution in [0.2, 0.25) is 0 Å². The van der Waals surface area contributed by atoms with Crippen molar-refractivity contribution < 1.29 is 9.53 Å². The van der Waals surface area contributed by atoms with Crippen molar-refractivity contribution in [2.75, 3.05) is 26.8 Å². The number of nitrogens with zero attached hydrogens (tertiary/aromatic N) is 6. The third-order valence-electron chi connectivity index (χ3n) is 5.50. The third-order valence-corrected chi connectivity index (χ3v) is 5.50. The van der Waals surface area contributed by atoms with Gasteiger partial charge >= 0.3 is 0 Å². The van der Waals surface area contributed by atoms with Crippen LogP contribution in [0.15, 0.2) is 29.3 Å². The Kier molecular flexibility index (Phi) is 4.68. The largest absolute Gasteiger partial charge is 0.383 e. The predicted molar refractivity (Wildman–Crippen MR) is 103 cm³/mol. The topological polar surface area (TPSA) is 121 Å². The number of piperidine rings is 1. The lowest BCUT2D eigenvalue weighted by molar-refractivity contribution is 0.0453. The van der Waals surface area contributed by atoms with Crippen molar-refractivity contribution in [3.63, 3.8) is 0 Å². The van der Waals surface area contributed by atoms with Crippen LogP contribution in [0.25, 0.3) is 11.5 Å². The second-order valence-electron chi connectivity index (χ2n) is 7.29. The summed E-state index contributed by atoms with van der Waals surface area (Å²) in [6.45, 7) is 3.08. The number of H-pyrrole nitrogens is 1. The number of methoxy groups -OCH3 is 1. The van der Waals surface area contributed by atoms with Crippen LogP contribution < -0.4 is 5.56 Å². The molecule has 1 aliphatic heterocycles. The van der Waals surface area contributed by atoms with Gasteiger partial charge in [-0.05, 0) is 31.9 Å². The molecule has 4 rings (SSSR count). The van der Waals surface area contributed by atoms with E-state index >= 15 is 0 Å². The Hall–Kier alpha value is -3.45. The van der Waals surface area contributed by atoms with Gasteiger partial charge in [0.15, 0.2) is 0 Å². The number of carbonyl (C=O) groups is 1. The van der Waals surface area contributed by atoms with Crippen LogP contribution in [0.5, 0.6) is 0 Å². The van der Waals surface area contributed by atoms with Crippen LogP contribution in [0.1, 0.15) is 28.9 Å². The van der Waals surface area contributed by atoms with Crippen molar-refractivity contribution in [3.8, 4) is 12.0 Å². The molecule has 1 aliphatic rings. The summed E-state index contributed by atoms with van der Waals surface area (Å²) in [7, 11) is 1.58. The molecule has 0 unspecified atom stereocenters. The number of ether oxygens (including phenoxy) is 1. The van der Waals surface area contributed by atoms with Crippen LogP contribution >= 0.6 is 0 Å². The first-order chi connectivity index (χ1) is 14.0. The van der Waals surface area contributed by atoms with E-state index in [1.165, 1.54) is 15.4 Å². The van der Waals surface area contributed by atoms with Crippen molar-refractivity contribution in [3.05, 3.63) is 46.1 Å². The second kappa shape index (κ2) is 7.18. The van der Waals surface area contributed by atoms with Gasteiger partial charge in [0.25, 0.3) is 11.5 Å². The Morgan fingerprint density at radius 3 is 2.86 bits per heavy atom. The molecular formula is C19H21N7O3. The maximum absolute atomic E-state index is 13.0. The summed E-state index contributed by atoms with van der Waals surface area (Å²) in [6, 6.07) is 5.75. The van der Waals surface area contributed by atoms with E-state index in [2.05, 4.69) is 21.3 Å². The zero-order valence-electron chi connectivity index (χ0n) is 16.3. The first kappa shape index (κ1) is 18.9. The van der Waals surface area contributed by atoms with Gasteiger partial charge < -0.3 is 9.64 Å². The van der Waals surface area contributed by atoms with Crippen LogP contribution in [-0.2, 0) is 4.74 Å². The summed E-state index contributed by atoms with van der Waals surface area (Å²) in [6.07, 6.45) is 4.29. The number of nitriles is 1. The molecular weight excluding hydrogens is 374 g/mol. The molecule has 1 N–H and O–H groups in total. The second-order valence-corrected chi connectivity index (χ2v) is 7.29. The molecule has 1 fully saturated rings. The fourth-order valence-electron chi connectivity index (χ4n) is 3.73. The molecule has 3 aromatic rings. The summed E-state index contributed by atoms with van der Waals surface area (Å²) in [4.78, 5) is 29.7. The first-order valence-electron chi connectivity index (χ1n) is 9.30. The number of likely N-dealkylation sites (tertiary alicyclic amines) is 1. The van der Waals surface area contributed by atoms with E-state index in [-0.39, 0.29) is 17.4 Å². The summed E-state index contributed by atoms with van der Waals surface area (Å²) < 4.78 is 8.10. The smallest absolute Gasteiger partial charge is 0.276 e. The van der Waals surface area contributed by atoms with E-state index in [0.29, 0.717) is 49.3 Å². The molecule has 0 saturated carbocycles. The summed E-state index contributed by atoms with van der Waals surface area (Å²) in [5.74, 6) is 0.0829. The molecule has 1 amide bonds. The molecule has 10 nitrogen and oxygen atoms in total. The minimum Gasteiger partial charge on any atom is -0.383 e. The van der Waals surface area contributed by atoms with Crippen molar-refractivity contribution in [2.24, 2.45) is 5.41 Å². The van der Waals surface area contributed by atoms with Crippen LogP contribution in [-0.4, -0.2) is 62.0 Å².